The highest BCUT2D eigenvalue weighted by Crippen LogP contribution is 2.29. The normalized spacial score (nSPS) is 10.3. The van der Waals surface area contributed by atoms with Crippen molar-refractivity contribution in [1.82, 2.24) is 0 Å². The molecule has 1 heterocycles. The van der Waals surface area contributed by atoms with Gasteiger partial charge in [0.25, 0.3) is 0 Å². The Bertz CT molecular complexity index is 598. The lowest BCUT2D eigenvalue weighted by Gasteiger charge is -2.08. The van der Waals surface area contributed by atoms with E-state index in [1.807, 2.05) is 18.4 Å². The van der Waals surface area contributed by atoms with Gasteiger partial charge in [-0.1, -0.05) is 0 Å². The summed E-state index contributed by atoms with van der Waals surface area (Å²) in [7, 11) is 1.35. The molecule has 0 unspecified atom stereocenters. The fourth-order valence-electron chi connectivity index (χ4n) is 1.48. The third-order valence-electron chi connectivity index (χ3n) is 2.44. The van der Waals surface area contributed by atoms with Crippen LogP contribution in [0, 0.1) is 12.7 Å². The Labute approximate surface area is 118 Å². The number of aryl methyl sites for hydroxylation is 1. The quantitative estimate of drug-likeness (QED) is 0.681. The van der Waals surface area contributed by atoms with E-state index >= 15 is 0 Å². The molecule has 2 aromatic rings. The summed E-state index contributed by atoms with van der Waals surface area (Å²) in [6, 6.07) is 6.39. The molecule has 0 aliphatic heterocycles. The Balaban J connectivity index is 2.10. The number of carbonyl (C=O) groups excluding carboxylic acids is 1. The van der Waals surface area contributed by atoms with Gasteiger partial charge in [0.1, 0.15) is 10.7 Å². The van der Waals surface area contributed by atoms with E-state index in [1.165, 1.54) is 42.5 Å². The minimum Gasteiger partial charge on any atom is -0.465 e. The molecule has 2 rings (SSSR count). The summed E-state index contributed by atoms with van der Waals surface area (Å²) >= 11 is 2.65. The van der Waals surface area contributed by atoms with Crippen molar-refractivity contribution < 1.29 is 13.9 Å². The highest BCUT2D eigenvalue weighted by Gasteiger charge is 2.13. The van der Waals surface area contributed by atoms with Gasteiger partial charge in [-0.3, -0.25) is 0 Å². The van der Waals surface area contributed by atoms with Crippen LogP contribution in [0.25, 0.3) is 0 Å². The van der Waals surface area contributed by atoms with Crippen LogP contribution in [0.1, 0.15) is 15.2 Å². The minimum absolute atomic E-state index is 0.257. The van der Waals surface area contributed by atoms with E-state index in [-0.39, 0.29) is 11.8 Å². The second-order valence-electron chi connectivity index (χ2n) is 3.77. The summed E-state index contributed by atoms with van der Waals surface area (Å²) in [5, 5.41) is 1.81. The Hall–Kier alpha value is -1.53. The molecule has 0 saturated carbocycles. The van der Waals surface area contributed by atoms with E-state index in [1.54, 1.807) is 6.07 Å². The molecule has 0 aliphatic rings. The molecule has 0 bridgehead atoms. The van der Waals surface area contributed by atoms with Crippen molar-refractivity contribution >= 4 is 34.9 Å². The summed E-state index contributed by atoms with van der Waals surface area (Å²) in [6.45, 7) is 1.84. The van der Waals surface area contributed by atoms with Crippen LogP contribution in [-0.4, -0.2) is 13.1 Å². The summed E-state index contributed by atoms with van der Waals surface area (Å²) in [5.74, 6) is -0.624. The van der Waals surface area contributed by atoms with Crippen LogP contribution in [0.2, 0.25) is 0 Å². The number of hydrogen-bond acceptors (Lipinski definition) is 5. The Kier molecular flexibility index (Phi) is 4.44. The zero-order chi connectivity index (χ0) is 13.8. The maximum absolute atomic E-state index is 13.0. The van der Waals surface area contributed by atoms with Gasteiger partial charge in [-0.05, 0) is 54.1 Å². The molecule has 0 spiro atoms. The average molecular weight is 297 g/mol. The maximum atomic E-state index is 13.0. The van der Waals surface area contributed by atoms with Crippen molar-refractivity contribution in [2.75, 3.05) is 11.8 Å². The fraction of sp³-hybridized carbons (Fsp3) is 0.154. The number of methoxy groups -OCH3 is 1. The number of hydrogen-bond donors (Lipinski definition) is 1. The molecule has 0 radical (unpaired) electrons. The van der Waals surface area contributed by atoms with Crippen molar-refractivity contribution in [2.45, 2.75) is 11.8 Å². The second kappa shape index (κ2) is 6.08. The van der Waals surface area contributed by atoms with E-state index in [0.717, 1.165) is 10.5 Å². The van der Waals surface area contributed by atoms with Gasteiger partial charge in [0, 0.05) is 4.90 Å². The molecule has 6 heteroatoms. The number of carbonyl (C=O) groups is 1. The third kappa shape index (κ3) is 3.27. The predicted octanol–water partition coefficient (Wildman–Crippen LogP) is 4.10. The van der Waals surface area contributed by atoms with Crippen molar-refractivity contribution in [1.29, 1.82) is 0 Å². The lowest BCUT2D eigenvalue weighted by molar-refractivity contribution is 0.0607. The SMILES string of the molecule is COC(=O)c1sccc1NSc1ccc(F)cc1C. The molecule has 19 heavy (non-hydrogen) atoms. The van der Waals surface area contributed by atoms with Crippen LogP contribution < -0.4 is 4.72 Å². The molecule has 100 valence electrons. The van der Waals surface area contributed by atoms with Gasteiger partial charge in [0.2, 0.25) is 0 Å². The minimum atomic E-state index is -0.367. The van der Waals surface area contributed by atoms with Crippen LogP contribution in [-0.2, 0) is 4.74 Å². The highest BCUT2D eigenvalue weighted by atomic mass is 32.2. The predicted molar refractivity (Wildman–Crippen MR) is 76.3 cm³/mol. The molecule has 3 nitrogen and oxygen atoms in total. The van der Waals surface area contributed by atoms with Crippen LogP contribution >= 0.6 is 23.3 Å². The molecular formula is C13H12FNO2S2. The molecule has 1 aromatic heterocycles. The molecular weight excluding hydrogens is 285 g/mol. The summed E-state index contributed by atoms with van der Waals surface area (Å²) in [5.41, 5.74) is 1.54. The smallest absolute Gasteiger partial charge is 0.350 e. The van der Waals surface area contributed by atoms with Gasteiger partial charge in [-0.25, -0.2) is 9.18 Å². The van der Waals surface area contributed by atoms with Gasteiger partial charge in [0.05, 0.1) is 12.8 Å². The molecule has 1 N–H and O–H groups in total. The van der Waals surface area contributed by atoms with E-state index in [9.17, 15) is 9.18 Å². The number of esters is 1. The summed E-state index contributed by atoms with van der Waals surface area (Å²) in [6.07, 6.45) is 0. The average Bonchev–Trinajstić information content (AvgIpc) is 2.85. The van der Waals surface area contributed by atoms with Crippen molar-refractivity contribution in [3.05, 3.63) is 45.9 Å². The van der Waals surface area contributed by atoms with Gasteiger partial charge in [0.15, 0.2) is 0 Å². The molecule has 0 fully saturated rings. The highest BCUT2D eigenvalue weighted by molar-refractivity contribution is 8.00. The van der Waals surface area contributed by atoms with Crippen LogP contribution in [0.3, 0.4) is 0 Å². The Morgan fingerprint density at radius 2 is 2.21 bits per heavy atom. The number of benzene rings is 1. The zero-order valence-electron chi connectivity index (χ0n) is 10.4. The second-order valence-corrected chi connectivity index (χ2v) is 5.53. The van der Waals surface area contributed by atoms with Gasteiger partial charge in [-0.2, -0.15) is 0 Å². The number of anilines is 1. The number of halogens is 1. The van der Waals surface area contributed by atoms with Gasteiger partial charge in [-0.15, -0.1) is 11.3 Å². The summed E-state index contributed by atoms with van der Waals surface area (Å²) in [4.78, 5) is 12.9. The first-order chi connectivity index (χ1) is 9.11. The van der Waals surface area contributed by atoms with Crippen LogP contribution in [0.5, 0.6) is 0 Å². The first-order valence-corrected chi connectivity index (χ1v) is 7.16. The van der Waals surface area contributed by atoms with E-state index < -0.39 is 0 Å². The van der Waals surface area contributed by atoms with Crippen molar-refractivity contribution in [3.8, 4) is 0 Å². The number of rotatable bonds is 4. The largest absolute Gasteiger partial charge is 0.465 e. The first-order valence-electron chi connectivity index (χ1n) is 5.46. The molecule has 0 saturated heterocycles. The Morgan fingerprint density at radius 1 is 1.42 bits per heavy atom. The summed E-state index contributed by atoms with van der Waals surface area (Å²) < 4.78 is 20.8. The van der Waals surface area contributed by atoms with Crippen molar-refractivity contribution in [3.63, 3.8) is 0 Å². The van der Waals surface area contributed by atoms with Gasteiger partial charge < -0.3 is 9.46 Å². The topological polar surface area (TPSA) is 38.3 Å². The third-order valence-corrected chi connectivity index (χ3v) is 4.34. The monoisotopic (exact) mass is 297 g/mol. The molecule has 0 amide bonds. The van der Waals surface area contributed by atoms with Crippen molar-refractivity contribution in [2.24, 2.45) is 0 Å². The number of nitrogens with one attached hydrogen (secondary N) is 1. The maximum Gasteiger partial charge on any atom is 0.350 e. The lowest BCUT2D eigenvalue weighted by atomic mass is 10.2. The number of ether oxygens (including phenoxy) is 1. The first kappa shape index (κ1) is 13.9. The Morgan fingerprint density at radius 3 is 2.89 bits per heavy atom. The van der Waals surface area contributed by atoms with E-state index in [2.05, 4.69) is 4.72 Å². The lowest BCUT2D eigenvalue weighted by Crippen LogP contribution is -2.01. The van der Waals surface area contributed by atoms with E-state index in [4.69, 9.17) is 4.74 Å². The standard InChI is InChI=1S/C13H12FNO2S2/c1-8-7-9(14)3-4-11(8)19-15-10-5-6-18-12(10)13(16)17-2/h3-7,15H,1-2H3. The van der Waals surface area contributed by atoms with E-state index in [0.29, 0.717) is 10.6 Å². The molecule has 1 aromatic carbocycles. The van der Waals surface area contributed by atoms with Gasteiger partial charge >= 0.3 is 5.97 Å². The van der Waals surface area contributed by atoms with Crippen LogP contribution in [0.15, 0.2) is 34.5 Å². The fourth-order valence-corrected chi connectivity index (χ4v) is 3.05. The van der Waals surface area contributed by atoms with Crippen LogP contribution in [0.4, 0.5) is 10.1 Å². The zero-order valence-corrected chi connectivity index (χ0v) is 12.0. The number of thiophene rings is 1. The molecule has 0 aliphatic carbocycles. The molecule has 0 atom stereocenters.